The van der Waals surface area contributed by atoms with E-state index in [9.17, 15) is 0 Å². The molecule has 0 aliphatic carbocycles. The molecule has 0 bridgehead atoms. The number of ether oxygens (including phenoxy) is 1. The summed E-state index contributed by atoms with van der Waals surface area (Å²) in [6, 6.07) is 15.5. The molecule has 0 fully saturated rings. The first-order valence-corrected chi connectivity index (χ1v) is 6.07. The zero-order valence-corrected chi connectivity index (χ0v) is 10.7. The zero-order chi connectivity index (χ0) is 12.3. The van der Waals surface area contributed by atoms with Gasteiger partial charge in [0, 0.05) is 5.02 Å². The third-order valence-corrected chi connectivity index (χ3v) is 2.80. The van der Waals surface area contributed by atoms with Gasteiger partial charge in [-0.05, 0) is 35.7 Å². The monoisotopic (exact) mass is 246 g/mol. The molecule has 1 nitrogen and oxygen atoms in total. The molecule has 0 aliphatic rings. The Hall–Kier alpha value is -1.47. The second-order valence-electron chi connectivity index (χ2n) is 4.25. The highest BCUT2D eigenvalue weighted by Crippen LogP contribution is 2.32. The lowest BCUT2D eigenvalue weighted by atomic mass is 10.0. The molecule has 17 heavy (non-hydrogen) atoms. The normalized spacial score (nSPS) is 10.6. The summed E-state index contributed by atoms with van der Waals surface area (Å²) in [5, 5.41) is 0.695. The zero-order valence-electron chi connectivity index (χ0n) is 9.98. The van der Waals surface area contributed by atoms with Crippen LogP contribution in [0.2, 0.25) is 5.02 Å². The predicted octanol–water partition coefficient (Wildman–Crippen LogP) is 5.26. The Morgan fingerprint density at radius 1 is 1.00 bits per heavy atom. The van der Waals surface area contributed by atoms with Crippen molar-refractivity contribution in [3.8, 4) is 11.5 Å². The van der Waals surface area contributed by atoms with E-state index in [1.165, 1.54) is 5.56 Å². The SMILES string of the molecule is CC(C)c1ccc(Cl)cc1Oc1ccccc1. The Balaban J connectivity index is 2.34. The molecule has 2 aromatic rings. The van der Waals surface area contributed by atoms with Crippen LogP contribution in [0.1, 0.15) is 25.3 Å². The van der Waals surface area contributed by atoms with E-state index in [4.69, 9.17) is 16.3 Å². The first-order valence-electron chi connectivity index (χ1n) is 5.69. The van der Waals surface area contributed by atoms with Crippen molar-refractivity contribution >= 4 is 11.6 Å². The Morgan fingerprint density at radius 2 is 1.71 bits per heavy atom. The van der Waals surface area contributed by atoms with Crippen molar-refractivity contribution in [3.63, 3.8) is 0 Å². The molecule has 2 heteroatoms. The number of halogens is 1. The van der Waals surface area contributed by atoms with Gasteiger partial charge < -0.3 is 4.74 Å². The van der Waals surface area contributed by atoms with Crippen molar-refractivity contribution in [1.29, 1.82) is 0 Å². The molecule has 2 aromatic carbocycles. The van der Waals surface area contributed by atoms with Gasteiger partial charge in [0.1, 0.15) is 11.5 Å². The lowest BCUT2D eigenvalue weighted by Crippen LogP contribution is -1.93. The quantitative estimate of drug-likeness (QED) is 0.718. The van der Waals surface area contributed by atoms with Crippen molar-refractivity contribution in [2.24, 2.45) is 0 Å². The summed E-state index contributed by atoms with van der Waals surface area (Å²) in [6.45, 7) is 4.28. The van der Waals surface area contributed by atoms with Crippen LogP contribution in [0.3, 0.4) is 0 Å². The highest BCUT2D eigenvalue weighted by atomic mass is 35.5. The smallest absolute Gasteiger partial charge is 0.132 e. The molecule has 0 aromatic heterocycles. The Morgan fingerprint density at radius 3 is 2.35 bits per heavy atom. The highest BCUT2D eigenvalue weighted by molar-refractivity contribution is 6.30. The summed E-state index contributed by atoms with van der Waals surface area (Å²) in [7, 11) is 0. The summed E-state index contributed by atoms with van der Waals surface area (Å²) in [5.74, 6) is 2.07. The van der Waals surface area contributed by atoms with Gasteiger partial charge in [-0.3, -0.25) is 0 Å². The Labute approximate surface area is 107 Å². The van der Waals surface area contributed by atoms with E-state index in [1.807, 2.05) is 48.5 Å². The molecule has 0 amide bonds. The predicted molar refractivity (Wildman–Crippen MR) is 72.1 cm³/mol. The van der Waals surface area contributed by atoms with Gasteiger partial charge in [0.2, 0.25) is 0 Å². The second-order valence-corrected chi connectivity index (χ2v) is 4.69. The fourth-order valence-corrected chi connectivity index (χ4v) is 1.85. The Kier molecular flexibility index (Phi) is 3.70. The van der Waals surface area contributed by atoms with E-state index in [0.29, 0.717) is 10.9 Å². The number of benzene rings is 2. The molecule has 2 rings (SSSR count). The van der Waals surface area contributed by atoms with E-state index in [0.717, 1.165) is 11.5 Å². The molecule has 0 aliphatic heterocycles. The van der Waals surface area contributed by atoms with E-state index in [1.54, 1.807) is 0 Å². The van der Waals surface area contributed by atoms with E-state index < -0.39 is 0 Å². The topological polar surface area (TPSA) is 9.23 Å². The molecule has 0 atom stereocenters. The molecule has 0 radical (unpaired) electrons. The van der Waals surface area contributed by atoms with Crippen LogP contribution >= 0.6 is 11.6 Å². The minimum Gasteiger partial charge on any atom is -0.457 e. The summed E-state index contributed by atoms with van der Waals surface area (Å²) in [6.07, 6.45) is 0. The highest BCUT2D eigenvalue weighted by Gasteiger charge is 2.09. The molecule has 0 heterocycles. The van der Waals surface area contributed by atoms with Crippen LogP contribution in [0.25, 0.3) is 0 Å². The molecule has 0 N–H and O–H groups in total. The van der Waals surface area contributed by atoms with Crippen molar-refractivity contribution < 1.29 is 4.74 Å². The minimum atomic E-state index is 0.408. The lowest BCUT2D eigenvalue weighted by Gasteiger charge is -2.14. The first-order chi connectivity index (χ1) is 8.16. The van der Waals surface area contributed by atoms with Gasteiger partial charge in [-0.15, -0.1) is 0 Å². The molecule has 0 unspecified atom stereocenters. The number of hydrogen-bond donors (Lipinski definition) is 0. The fourth-order valence-electron chi connectivity index (χ4n) is 1.69. The average molecular weight is 247 g/mol. The van der Waals surface area contributed by atoms with Gasteiger partial charge in [0.25, 0.3) is 0 Å². The molecule has 0 spiro atoms. The molecule has 0 saturated carbocycles. The summed E-state index contributed by atoms with van der Waals surface area (Å²) >= 11 is 6.01. The number of hydrogen-bond acceptors (Lipinski definition) is 1. The average Bonchev–Trinajstić information content (AvgIpc) is 2.30. The van der Waals surface area contributed by atoms with Crippen LogP contribution in [-0.2, 0) is 0 Å². The largest absolute Gasteiger partial charge is 0.457 e. The van der Waals surface area contributed by atoms with Crippen LogP contribution in [0.5, 0.6) is 11.5 Å². The third kappa shape index (κ3) is 3.01. The van der Waals surface area contributed by atoms with Gasteiger partial charge in [0.05, 0.1) is 0 Å². The maximum absolute atomic E-state index is 6.01. The molecular formula is C15H15ClO. The van der Waals surface area contributed by atoms with Crippen molar-refractivity contribution in [2.75, 3.05) is 0 Å². The summed E-state index contributed by atoms with van der Waals surface area (Å²) < 4.78 is 5.87. The molecular weight excluding hydrogens is 232 g/mol. The van der Waals surface area contributed by atoms with Crippen LogP contribution in [0.4, 0.5) is 0 Å². The first kappa shape index (κ1) is 12.0. The van der Waals surface area contributed by atoms with Crippen molar-refractivity contribution in [3.05, 3.63) is 59.1 Å². The van der Waals surface area contributed by atoms with Crippen LogP contribution in [0.15, 0.2) is 48.5 Å². The fraction of sp³-hybridized carbons (Fsp3) is 0.200. The van der Waals surface area contributed by atoms with Gasteiger partial charge in [-0.2, -0.15) is 0 Å². The van der Waals surface area contributed by atoms with E-state index in [-0.39, 0.29) is 0 Å². The van der Waals surface area contributed by atoms with Gasteiger partial charge in [-0.1, -0.05) is 49.7 Å². The van der Waals surface area contributed by atoms with Gasteiger partial charge >= 0.3 is 0 Å². The van der Waals surface area contributed by atoms with E-state index in [2.05, 4.69) is 13.8 Å². The summed E-state index contributed by atoms with van der Waals surface area (Å²) in [5.41, 5.74) is 1.17. The maximum atomic E-state index is 6.01. The van der Waals surface area contributed by atoms with Crippen LogP contribution in [0, 0.1) is 0 Å². The maximum Gasteiger partial charge on any atom is 0.132 e. The summed E-state index contributed by atoms with van der Waals surface area (Å²) in [4.78, 5) is 0. The molecule has 0 saturated heterocycles. The lowest BCUT2D eigenvalue weighted by molar-refractivity contribution is 0.473. The minimum absolute atomic E-state index is 0.408. The van der Waals surface area contributed by atoms with E-state index >= 15 is 0 Å². The molecule has 88 valence electrons. The van der Waals surface area contributed by atoms with Gasteiger partial charge in [0.15, 0.2) is 0 Å². The second kappa shape index (κ2) is 5.24. The van der Waals surface area contributed by atoms with Crippen LogP contribution in [-0.4, -0.2) is 0 Å². The van der Waals surface area contributed by atoms with Crippen molar-refractivity contribution in [1.82, 2.24) is 0 Å². The van der Waals surface area contributed by atoms with Crippen molar-refractivity contribution in [2.45, 2.75) is 19.8 Å². The number of para-hydroxylation sites is 1. The standard InChI is InChI=1S/C15H15ClO/c1-11(2)14-9-8-12(16)10-15(14)17-13-6-4-3-5-7-13/h3-11H,1-2H3. The van der Waals surface area contributed by atoms with Crippen LogP contribution < -0.4 is 4.74 Å². The van der Waals surface area contributed by atoms with Gasteiger partial charge in [-0.25, -0.2) is 0 Å². The number of rotatable bonds is 3. The Bertz CT molecular complexity index is 492. The third-order valence-electron chi connectivity index (χ3n) is 2.57.